The highest BCUT2D eigenvalue weighted by molar-refractivity contribution is 5.14. The van der Waals surface area contributed by atoms with Crippen molar-refractivity contribution in [1.82, 2.24) is 14.9 Å². The van der Waals surface area contributed by atoms with Gasteiger partial charge in [0.05, 0.1) is 19.3 Å². The van der Waals surface area contributed by atoms with Gasteiger partial charge in [-0.05, 0) is 31.9 Å². The topological polar surface area (TPSA) is 41.1 Å². The first-order chi connectivity index (χ1) is 10.3. The Morgan fingerprint density at radius 1 is 1.33 bits per heavy atom. The molecule has 2 heterocycles. The minimum Gasteiger partial charge on any atom is -0.378 e. The number of benzene rings is 1. The number of aromatic amines is 1. The average Bonchev–Trinajstić information content (AvgIpc) is 2.95. The zero-order valence-corrected chi connectivity index (χ0v) is 12.6. The number of H-pyrrole nitrogens is 1. The number of hydrogen-bond acceptors (Lipinski definition) is 3. The normalized spacial score (nSPS) is 19.8. The van der Waals surface area contributed by atoms with E-state index in [0.717, 1.165) is 44.2 Å². The van der Waals surface area contributed by atoms with E-state index < -0.39 is 0 Å². The minimum atomic E-state index is 0.267. The van der Waals surface area contributed by atoms with Crippen LogP contribution >= 0.6 is 0 Å². The Labute approximate surface area is 126 Å². The molecule has 1 saturated heterocycles. The zero-order valence-electron chi connectivity index (χ0n) is 12.6. The minimum absolute atomic E-state index is 0.267. The number of morpholine rings is 1. The summed E-state index contributed by atoms with van der Waals surface area (Å²) in [6.45, 7) is 5.67. The molecule has 21 heavy (non-hydrogen) atoms. The van der Waals surface area contributed by atoms with Crippen molar-refractivity contribution in [3.05, 3.63) is 53.6 Å². The molecule has 0 aliphatic carbocycles. The maximum absolute atomic E-state index is 5.64. The summed E-state index contributed by atoms with van der Waals surface area (Å²) >= 11 is 0. The van der Waals surface area contributed by atoms with E-state index >= 15 is 0 Å². The van der Waals surface area contributed by atoms with Gasteiger partial charge >= 0.3 is 0 Å². The van der Waals surface area contributed by atoms with Crippen molar-refractivity contribution >= 4 is 0 Å². The highest BCUT2D eigenvalue weighted by atomic mass is 16.5. The second-order valence-electron chi connectivity index (χ2n) is 5.67. The van der Waals surface area contributed by atoms with Crippen molar-refractivity contribution in [1.29, 1.82) is 0 Å². The lowest BCUT2D eigenvalue weighted by Crippen LogP contribution is -2.40. The Balaban J connectivity index is 1.57. The SMILES string of the molecule is Cc1cnc([C@@H]2COCCN2CCCc2ccccc2)[nH]1. The molecule has 3 rings (SSSR count). The fraction of sp³-hybridized carbons (Fsp3) is 0.471. The Bertz CT molecular complexity index is 552. The first kappa shape index (κ1) is 14.3. The van der Waals surface area contributed by atoms with Crippen LogP contribution in [0, 0.1) is 6.92 Å². The third-order valence-electron chi connectivity index (χ3n) is 4.03. The van der Waals surface area contributed by atoms with Crippen LogP contribution in [0.4, 0.5) is 0 Å². The van der Waals surface area contributed by atoms with Crippen LogP contribution in [0.2, 0.25) is 0 Å². The van der Waals surface area contributed by atoms with E-state index in [1.807, 2.05) is 13.1 Å². The number of ether oxygens (including phenoxy) is 1. The molecule has 1 aromatic heterocycles. The van der Waals surface area contributed by atoms with E-state index in [-0.39, 0.29) is 6.04 Å². The molecule has 0 radical (unpaired) electrons. The van der Waals surface area contributed by atoms with E-state index in [2.05, 4.69) is 45.2 Å². The molecule has 1 aliphatic heterocycles. The third-order valence-corrected chi connectivity index (χ3v) is 4.03. The summed E-state index contributed by atoms with van der Waals surface area (Å²) in [6.07, 6.45) is 4.19. The van der Waals surface area contributed by atoms with Gasteiger partial charge in [-0.2, -0.15) is 0 Å². The van der Waals surface area contributed by atoms with Gasteiger partial charge in [0.1, 0.15) is 5.82 Å². The lowest BCUT2D eigenvalue weighted by atomic mass is 10.1. The van der Waals surface area contributed by atoms with Crippen LogP contribution in [-0.4, -0.2) is 41.2 Å². The summed E-state index contributed by atoms with van der Waals surface area (Å²) in [5.41, 5.74) is 2.52. The summed E-state index contributed by atoms with van der Waals surface area (Å²) in [7, 11) is 0. The first-order valence-corrected chi connectivity index (χ1v) is 7.70. The predicted molar refractivity (Wildman–Crippen MR) is 83.2 cm³/mol. The molecule has 1 aliphatic rings. The predicted octanol–water partition coefficient (Wildman–Crippen LogP) is 2.72. The number of imidazole rings is 1. The van der Waals surface area contributed by atoms with Crippen molar-refractivity contribution in [2.75, 3.05) is 26.3 Å². The Morgan fingerprint density at radius 3 is 2.95 bits per heavy atom. The van der Waals surface area contributed by atoms with Crippen LogP contribution in [0.25, 0.3) is 0 Å². The van der Waals surface area contributed by atoms with Crippen LogP contribution in [0.15, 0.2) is 36.5 Å². The number of aryl methyl sites for hydroxylation is 2. The maximum atomic E-state index is 5.64. The van der Waals surface area contributed by atoms with Crippen LogP contribution in [0.1, 0.15) is 29.5 Å². The van der Waals surface area contributed by atoms with Crippen molar-refractivity contribution < 1.29 is 4.74 Å². The monoisotopic (exact) mass is 285 g/mol. The summed E-state index contributed by atoms with van der Waals surface area (Å²) in [5, 5.41) is 0. The van der Waals surface area contributed by atoms with Crippen LogP contribution in [0.5, 0.6) is 0 Å². The van der Waals surface area contributed by atoms with Gasteiger partial charge < -0.3 is 9.72 Å². The number of hydrogen-bond donors (Lipinski definition) is 1. The Morgan fingerprint density at radius 2 is 2.19 bits per heavy atom. The van der Waals surface area contributed by atoms with Crippen molar-refractivity contribution in [2.24, 2.45) is 0 Å². The van der Waals surface area contributed by atoms with E-state index in [9.17, 15) is 0 Å². The standard InChI is InChI=1S/C17H23N3O/c1-14-12-18-17(19-14)16-13-21-11-10-20(16)9-5-8-15-6-3-2-4-7-15/h2-4,6-7,12,16H,5,8-11,13H2,1H3,(H,18,19)/t16-/m0/s1. The zero-order chi connectivity index (χ0) is 14.5. The molecule has 0 spiro atoms. The highest BCUT2D eigenvalue weighted by Crippen LogP contribution is 2.22. The molecule has 4 nitrogen and oxygen atoms in total. The van der Waals surface area contributed by atoms with E-state index in [4.69, 9.17) is 4.74 Å². The van der Waals surface area contributed by atoms with Gasteiger partial charge in [-0.15, -0.1) is 0 Å². The molecule has 1 N–H and O–H groups in total. The molecule has 0 unspecified atom stereocenters. The molecular weight excluding hydrogens is 262 g/mol. The van der Waals surface area contributed by atoms with E-state index in [1.165, 1.54) is 12.0 Å². The second kappa shape index (κ2) is 6.87. The smallest absolute Gasteiger partial charge is 0.126 e. The second-order valence-corrected chi connectivity index (χ2v) is 5.67. The van der Waals surface area contributed by atoms with E-state index in [1.54, 1.807) is 0 Å². The third kappa shape index (κ3) is 3.71. The lowest BCUT2D eigenvalue weighted by Gasteiger charge is -2.34. The number of aromatic nitrogens is 2. The van der Waals surface area contributed by atoms with Gasteiger partial charge in [0, 0.05) is 18.4 Å². The van der Waals surface area contributed by atoms with Crippen molar-refractivity contribution in [2.45, 2.75) is 25.8 Å². The largest absolute Gasteiger partial charge is 0.378 e. The average molecular weight is 285 g/mol. The summed E-state index contributed by atoms with van der Waals surface area (Å²) in [6, 6.07) is 11.0. The molecule has 4 heteroatoms. The molecular formula is C17H23N3O. The van der Waals surface area contributed by atoms with E-state index in [0.29, 0.717) is 0 Å². The molecule has 1 aromatic carbocycles. The van der Waals surface area contributed by atoms with Gasteiger partial charge in [0.2, 0.25) is 0 Å². The molecule has 112 valence electrons. The number of nitrogens with zero attached hydrogens (tertiary/aromatic N) is 2. The number of nitrogens with one attached hydrogen (secondary N) is 1. The fourth-order valence-electron chi connectivity index (χ4n) is 2.89. The van der Waals surface area contributed by atoms with Gasteiger partial charge in [0.25, 0.3) is 0 Å². The summed E-state index contributed by atoms with van der Waals surface area (Å²) in [5.74, 6) is 1.03. The van der Waals surface area contributed by atoms with Gasteiger partial charge in [-0.25, -0.2) is 4.98 Å². The molecule has 0 amide bonds. The van der Waals surface area contributed by atoms with Crippen LogP contribution in [-0.2, 0) is 11.2 Å². The van der Waals surface area contributed by atoms with Gasteiger partial charge in [-0.1, -0.05) is 30.3 Å². The summed E-state index contributed by atoms with van der Waals surface area (Å²) < 4.78 is 5.64. The highest BCUT2D eigenvalue weighted by Gasteiger charge is 2.26. The van der Waals surface area contributed by atoms with Crippen molar-refractivity contribution in [3.8, 4) is 0 Å². The van der Waals surface area contributed by atoms with Crippen LogP contribution < -0.4 is 0 Å². The fourth-order valence-corrected chi connectivity index (χ4v) is 2.89. The molecule has 1 fully saturated rings. The molecule has 1 atom stereocenters. The summed E-state index contributed by atoms with van der Waals surface area (Å²) in [4.78, 5) is 10.3. The lowest BCUT2D eigenvalue weighted by molar-refractivity contribution is -0.0117. The maximum Gasteiger partial charge on any atom is 0.126 e. The molecule has 2 aromatic rings. The van der Waals surface area contributed by atoms with Gasteiger partial charge in [0.15, 0.2) is 0 Å². The number of rotatable bonds is 5. The van der Waals surface area contributed by atoms with Gasteiger partial charge in [-0.3, -0.25) is 4.90 Å². The Kier molecular flexibility index (Phi) is 4.68. The van der Waals surface area contributed by atoms with Crippen molar-refractivity contribution in [3.63, 3.8) is 0 Å². The quantitative estimate of drug-likeness (QED) is 0.918. The molecule has 0 saturated carbocycles. The molecule has 0 bridgehead atoms. The first-order valence-electron chi connectivity index (χ1n) is 7.70. The van der Waals surface area contributed by atoms with Crippen LogP contribution in [0.3, 0.4) is 0 Å². The Hall–Kier alpha value is -1.65.